The number of sulfonamides is 1. The molecule has 0 radical (unpaired) electrons. The van der Waals surface area contributed by atoms with E-state index in [1.54, 1.807) is 0 Å². The molecule has 1 heterocycles. The molecule has 0 fully saturated rings. The number of pyridine rings is 1. The number of halogens is 3. The second-order valence-corrected chi connectivity index (χ2v) is 5.00. The Morgan fingerprint density at radius 2 is 2.00 bits per heavy atom. The van der Waals surface area contributed by atoms with Crippen molar-refractivity contribution in [2.24, 2.45) is 5.14 Å². The van der Waals surface area contributed by atoms with E-state index in [2.05, 4.69) is 4.98 Å². The van der Waals surface area contributed by atoms with Gasteiger partial charge in [0.25, 0.3) is 6.43 Å². The van der Waals surface area contributed by atoms with Crippen molar-refractivity contribution in [2.45, 2.75) is 11.3 Å². The van der Waals surface area contributed by atoms with Gasteiger partial charge in [-0.15, -0.1) is 0 Å². The zero-order valence-corrected chi connectivity index (χ0v) is 9.59. The maximum atomic E-state index is 12.3. The summed E-state index contributed by atoms with van der Waals surface area (Å²) in [5.41, 5.74) is -0.433. The van der Waals surface area contributed by atoms with Crippen LogP contribution in [0.3, 0.4) is 0 Å². The van der Waals surface area contributed by atoms with Gasteiger partial charge in [-0.05, 0) is 22.6 Å². The van der Waals surface area contributed by atoms with Crippen LogP contribution in [0.1, 0.15) is 12.0 Å². The quantitative estimate of drug-likeness (QED) is 0.828. The second kappa shape index (κ2) is 4.03. The number of nitrogens with two attached hydrogens (primary N) is 1. The molecule has 0 bridgehead atoms. The fourth-order valence-electron chi connectivity index (χ4n) is 0.791. The molecule has 0 atom stereocenters. The van der Waals surface area contributed by atoms with Gasteiger partial charge in [0.1, 0.15) is 4.90 Å². The van der Waals surface area contributed by atoms with Crippen LogP contribution in [0.15, 0.2) is 17.3 Å². The van der Waals surface area contributed by atoms with Crippen molar-refractivity contribution in [3.8, 4) is 0 Å². The molecule has 0 unspecified atom stereocenters. The van der Waals surface area contributed by atoms with Gasteiger partial charge < -0.3 is 0 Å². The third kappa shape index (κ3) is 2.36. The summed E-state index contributed by atoms with van der Waals surface area (Å²) < 4.78 is 46.4. The van der Waals surface area contributed by atoms with Gasteiger partial charge in [0.15, 0.2) is 0 Å². The molecule has 0 aliphatic rings. The van der Waals surface area contributed by atoms with Crippen LogP contribution in [0.5, 0.6) is 0 Å². The number of primary sulfonamides is 1. The normalized spacial score (nSPS) is 12.1. The number of hydrogen-bond donors (Lipinski definition) is 1. The molecule has 0 aliphatic heterocycles. The molecule has 1 aromatic rings. The van der Waals surface area contributed by atoms with Gasteiger partial charge in [-0.3, -0.25) is 4.98 Å². The van der Waals surface area contributed by atoms with Crippen LogP contribution in [0.25, 0.3) is 0 Å². The fourth-order valence-corrected chi connectivity index (χ4v) is 2.80. The van der Waals surface area contributed by atoms with E-state index in [0.717, 1.165) is 12.4 Å². The van der Waals surface area contributed by atoms with E-state index in [9.17, 15) is 17.2 Å². The van der Waals surface area contributed by atoms with Gasteiger partial charge in [-0.2, -0.15) is 0 Å². The number of alkyl halides is 2. The maximum absolute atomic E-state index is 12.3. The first-order valence-corrected chi connectivity index (χ1v) is 5.91. The topological polar surface area (TPSA) is 73.1 Å². The van der Waals surface area contributed by atoms with Crippen LogP contribution in [0, 0.1) is 3.57 Å². The molecule has 0 saturated carbocycles. The lowest BCUT2D eigenvalue weighted by atomic mass is 10.3. The monoisotopic (exact) mass is 334 g/mol. The maximum Gasteiger partial charge on any atom is 0.266 e. The smallest absolute Gasteiger partial charge is 0.263 e. The predicted octanol–water partition coefficient (Wildman–Crippen LogP) is 1.27. The summed E-state index contributed by atoms with van der Waals surface area (Å²) in [6.07, 6.45) is -0.902. The van der Waals surface area contributed by atoms with Gasteiger partial charge in [-0.1, -0.05) is 0 Å². The van der Waals surface area contributed by atoms with Crippen LogP contribution < -0.4 is 5.14 Å². The minimum absolute atomic E-state index is 0.0879. The predicted molar refractivity (Wildman–Crippen MR) is 53.3 cm³/mol. The van der Waals surface area contributed by atoms with E-state index < -0.39 is 22.0 Å². The van der Waals surface area contributed by atoms with Crippen LogP contribution >= 0.6 is 22.6 Å². The third-order valence-corrected chi connectivity index (χ3v) is 3.91. The molecule has 1 rings (SSSR count). The highest BCUT2D eigenvalue weighted by atomic mass is 127. The zero-order chi connectivity index (χ0) is 10.9. The summed E-state index contributed by atoms with van der Waals surface area (Å²) in [5.74, 6) is 0. The van der Waals surface area contributed by atoms with Crippen molar-refractivity contribution in [2.75, 3.05) is 0 Å². The Bertz CT molecular complexity index is 449. The van der Waals surface area contributed by atoms with Crippen molar-refractivity contribution in [3.05, 3.63) is 21.5 Å². The standard InChI is InChI=1S/C6H5F2IN2O2S/c7-6(8)3-1-11-2-4(5(3)9)14(10,12)13/h1-2,6H,(H2,10,12,13). The highest BCUT2D eigenvalue weighted by molar-refractivity contribution is 14.1. The van der Waals surface area contributed by atoms with Crippen molar-refractivity contribution in [3.63, 3.8) is 0 Å². The number of rotatable bonds is 2. The SMILES string of the molecule is NS(=O)(=O)c1cncc(C(F)F)c1I. The van der Waals surface area contributed by atoms with E-state index in [4.69, 9.17) is 5.14 Å². The van der Waals surface area contributed by atoms with Crippen LogP contribution in [0.4, 0.5) is 8.78 Å². The van der Waals surface area contributed by atoms with E-state index >= 15 is 0 Å². The Labute approximate surface area is 92.7 Å². The summed E-state index contributed by atoms with van der Waals surface area (Å²) in [4.78, 5) is 3.01. The highest BCUT2D eigenvalue weighted by Crippen LogP contribution is 2.27. The minimum atomic E-state index is -3.99. The number of aromatic nitrogens is 1. The lowest BCUT2D eigenvalue weighted by Crippen LogP contribution is -2.15. The summed E-state index contributed by atoms with van der Waals surface area (Å²) in [7, 11) is -3.99. The summed E-state index contributed by atoms with van der Waals surface area (Å²) in [6, 6.07) is 0. The molecule has 0 aliphatic carbocycles. The second-order valence-electron chi connectivity index (χ2n) is 2.39. The average Bonchev–Trinajstić information content (AvgIpc) is 2.01. The van der Waals surface area contributed by atoms with E-state index in [1.165, 1.54) is 22.6 Å². The summed E-state index contributed by atoms with van der Waals surface area (Å²) in [5, 5.41) is 4.81. The molecule has 2 N–H and O–H groups in total. The molecule has 0 amide bonds. The molecule has 8 heteroatoms. The Morgan fingerprint density at radius 1 is 1.43 bits per heavy atom. The third-order valence-electron chi connectivity index (χ3n) is 1.42. The lowest BCUT2D eigenvalue weighted by Gasteiger charge is -2.05. The Morgan fingerprint density at radius 3 is 2.43 bits per heavy atom. The average molecular weight is 334 g/mol. The first-order valence-electron chi connectivity index (χ1n) is 3.28. The van der Waals surface area contributed by atoms with Gasteiger partial charge in [0.2, 0.25) is 10.0 Å². The minimum Gasteiger partial charge on any atom is -0.263 e. The van der Waals surface area contributed by atoms with Crippen molar-refractivity contribution in [1.82, 2.24) is 4.98 Å². The van der Waals surface area contributed by atoms with E-state index in [0.29, 0.717) is 0 Å². The molecule has 14 heavy (non-hydrogen) atoms. The van der Waals surface area contributed by atoms with E-state index in [1.807, 2.05) is 0 Å². The molecule has 4 nitrogen and oxygen atoms in total. The van der Waals surface area contributed by atoms with Crippen molar-refractivity contribution >= 4 is 32.6 Å². The van der Waals surface area contributed by atoms with Crippen molar-refractivity contribution < 1.29 is 17.2 Å². The first kappa shape index (κ1) is 11.7. The number of nitrogens with zero attached hydrogens (tertiary/aromatic N) is 1. The first-order chi connectivity index (χ1) is 6.34. The van der Waals surface area contributed by atoms with Crippen LogP contribution in [0.2, 0.25) is 0 Å². The van der Waals surface area contributed by atoms with Crippen molar-refractivity contribution in [1.29, 1.82) is 0 Å². The largest absolute Gasteiger partial charge is 0.266 e. The molecule has 0 aromatic carbocycles. The van der Waals surface area contributed by atoms with Crippen LogP contribution in [-0.4, -0.2) is 13.4 Å². The molecule has 0 spiro atoms. The molecular formula is C6H5F2IN2O2S. The summed E-state index contributed by atoms with van der Waals surface area (Å²) >= 11 is 1.50. The van der Waals surface area contributed by atoms with Gasteiger partial charge >= 0.3 is 0 Å². The Balaban J connectivity index is 3.43. The van der Waals surface area contributed by atoms with E-state index in [-0.39, 0.29) is 8.47 Å². The van der Waals surface area contributed by atoms with Crippen LogP contribution in [-0.2, 0) is 10.0 Å². The van der Waals surface area contributed by atoms with Gasteiger partial charge in [0.05, 0.1) is 5.56 Å². The Hall–Kier alpha value is -0.350. The zero-order valence-electron chi connectivity index (χ0n) is 6.62. The summed E-state index contributed by atoms with van der Waals surface area (Å²) in [6.45, 7) is 0. The fraction of sp³-hybridized carbons (Fsp3) is 0.167. The lowest BCUT2D eigenvalue weighted by molar-refractivity contribution is 0.149. The molecule has 0 saturated heterocycles. The molecule has 1 aromatic heterocycles. The van der Waals surface area contributed by atoms with Gasteiger partial charge in [-0.25, -0.2) is 22.3 Å². The highest BCUT2D eigenvalue weighted by Gasteiger charge is 2.20. The number of hydrogen-bond acceptors (Lipinski definition) is 3. The molecular weight excluding hydrogens is 329 g/mol. The molecule has 78 valence electrons. The Kier molecular flexibility index (Phi) is 3.37. The van der Waals surface area contributed by atoms with Gasteiger partial charge in [0, 0.05) is 16.0 Å².